The summed E-state index contributed by atoms with van der Waals surface area (Å²) in [6.07, 6.45) is 0.539. The van der Waals surface area contributed by atoms with Crippen LogP contribution in [0.15, 0.2) is 109 Å². The van der Waals surface area contributed by atoms with Crippen molar-refractivity contribution >= 4 is 5.97 Å². The van der Waals surface area contributed by atoms with Crippen molar-refractivity contribution in [1.82, 2.24) is 4.90 Å². The second-order valence-electron chi connectivity index (χ2n) is 8.68. The fourth-order valence-corrected chi connectivity index (χ4v) is 4.07. The van der Waals surface area contributed by atoms with Gasteiger partial charge in [0.05, 0.1) is 7.11 Å². The number of ether oxygens (including phenoxy) is 2. The summed E-state index contributed by atoms with van der Waals surface area (Å²) in [5.41, 5.74) is 4.54. The SMILES string of the molecule is COC(=O)[C@H](Cc1ccc(Oc2ccc(C)cc2)cc1)N(Cc1ccccc1)Cc1ccccc1. The largest absolute Gasteiger partial charge is 0.468 e. The first-order valence-corrected chi connectivity index (χ1v) is 11.8. The number of aryl methyl sites for hydroxylation is 1. The van der Waals surface area contributed by atoms with E-state index in [0.717, 1.165) is 28.2 Å². The lowest BCUT2D eigenvalue weighted by Gasteiger charge is -2.30. The molecule has 0 amide bonds. The van der Waals surface area contributed by atoms with Gasteiger partial charge in [0, 0.05) is 13.1 Å². The van der Waals surface area contributed by atoms with Crippen molar-refractivity contribution in [2.45, 2.75) is 32.5 Å². The molecule has 0 aliphatic heterocycles. The molecule has 178 valence electrons. The molecular weight excluding hydrogens is 434 g/mol. The first-order chi connectivity index (χ1) is 17.1. The van der Waals surface area contributed by atoms with Crippen LogP contribution in [-0.2, 0) is 29.0 Å². The highest BCUT2D eigenvalue weighted by atomic mass is 16.5. The molecule has 4 heteroatoms. The molecule has 0 aliphatic carbocycles. The normalized spacial score (nSPS) is 11.7. The molecule has 1 atom stereocenters. The Morgan fingerprint density at radius 1 is 0.686 bits per heavy atom. The van der Waals surface area contributed by atoms with E-state index in [2.05, 4.69) is 36.1 Å². The molecule has 0 heterocycles. The van der Waals surface area contributed by atoms with Crippen LogP contribution in [0.2, 0.25) is 0 Å². The number of benzene rings is 4. The minimum atomic E-state index is -0.427. The second kappa shape index (κ2) is 12.0. The molecule has 35 heavy (non-hydrogen) atoms. The van der Waals surface area contributed by atoms with Crippen molar-refractivity contribution in [3.8, 4) is 11.5 Å². The highest BCUT2D eigenvalue weighted by molar-refractivity contribution is 5.76. The van der Waals surface area contributed by atoms with Crippen molar-refractivity contribution < 1.29 is 14.3 Å². The number of rotatable bonds is 10. The second-order valence-corrected chi connectivity index (χ2v) is 8.68. The summed E-state index contributed by atoms with van der Waals surface area (Å²) >= 11 is 0. The van der Waals surface area contributed by atoms with Gasteiger partial charge in [0.1, 0.15) is 17.5 Å². The Bertz CT molecular complexity index is 1150. The molecule has 4 rings (SSSR count). The van der Waals surface area contributed by atoms with Gasteiger partial charge in [0.2, 0.25) is 0 Å². The number of carbonyl (C=O) groups excluding carboxylic acids is 1. The smallest absolute Gasteiger partial charge is 0.323 e. The minimum absolute atomic E-state index is 0.239. The molecule has 0 unspecified atom stereocenters. The van der Waals surface area contributed by atoms with Crippen molar-refractivity contribution in [3.63, 3.8) is 0 Å². The summed E-state index contributed by atoms with van der Waals surface area (Å²) < 4.78 is 11.2. The zero-order chi connectivity index (χ0) is 24.5. The van der Waals surface area contributed by atoms with E-state index in [1.165, 1.54) is 12.7 Å². The molecule has 4 aromatic rings. The van der Waals surface area contributed by atoms with Crippen molar-refractivity contribution in [1.29, 1.82) is 0 Å². The predicted octanol–water partition coefficient (Wildman–Crippen LogP) is 6.57. The van der Waals surface area contributed by atoms with Gasteiger partial charge in [-0.3, -0.25) is 9.69 Å². The number of hydrogen-bond donors (Lipinski definition) is 0. The zero-order valence-corrected chi connectivity index (χ0v) is 20.3. The maximum atomic E-state index is 13.0. The summed E-state index contributed by atoms with van der Waals surface area (Å²) in [7, 11) is 1.46. The van der Waals surface area contributed by atoms with Crippen LogP contribution in [0, 0.1) is 6.92 Å². The fraction of sp³-hybridized carbons (Fsp3) is 0.194. The molecule has 4 aromatic carbocycles. The molecule has 0 aromatic heterocycles. The average molecular weight is 466 g/mol. The highest BCUT2D eigenvalue weighted by Crippen LogP contribution is 2.24. The topological polar surface area (TPSA) is 38.8 Å². The molecule has 4 nitrogen and oxygen atoms in total. The third-order valence-electron chi connectivity index (χ3n) is 5.98. The van der Waals surface area contributed by atoms with Gasteiger partial charge in [-0.25, -0.2) is 0 Å². The summed E-state index contributed by atoms with van der Waals surface area (Å²) in [6, 6.07) is 35.9. The van der Waals surface area contributed by atoms with E-state index >= 15 is 0 Å². The van der Waals surface area contributed by atoms with Gasteiger partial charge in [0.25, 0.3) is 0 Å². The van der Waals surface area contributed by atoms with E-state index in [-0.39, 0.29) is 5.97 Å². The monoisotopic (exact) mass is 465 g/mol. The van der Waals surface area contributed by atoms with Crippen LogP contribution in [0.1, 0.15) is 22.3 Å². The Balaban J connectivity index is 1.54. The Labute approximate surface area is 207 Å². The maximum Gasteiger partial charge on any atom is 0.323 e. The molecule has 0 fully saturated rings. The van der Waals surface area contributed by atoms with Gasteiger partial charge in [0.15, 0.2) is 0 Å². The molecule has 0 N–H and O–H groups in total. The van der Waals surface area contributed by atoms with E-state index in [0.29, 0.717) is 19.5 Å². The van der Waals surface area contributed by atoms with Gasteiger partial charge in [-0.2, -0.15) is 0 Å². The molecule has 0 saturated carbocycles. The van der Waals surface area contributed by atoms with Gasteiger partial charge in [-0.05, 0) is 54.3 Å². The number of nitrogens with zero attached hydrogens (tertiary/aromatic N) is 1. The lowest BCUT2D eigenvalue weighted by Crippen LogP contribution is -2.42. The van der Waals surface area contributed by atoms with Gasteiger partial charge in [-0.15, -0.1) is 0 Å². The van der Waals surface area contributed by atoms with Crippen LogP contribution in [0.3, 0.4) is 0 Å². The van der Waals surface area contributed by atoms with Gasteiger partial charge >= 0.3 is 5.97 Å². The van der Waals surface area contributed by atoms with E-state index in [1.807, 2.05) is 84.9 Å². The minimum Gasteiger partial charge on any atom is -0.468 e. The summed E-state index contributed by atoms with van der Waals surface area (Å²) in [5.74, 6) is 1.32. The number of hydrogen-bond acceptors (Lipinski definition) is 4. The van der Waals surface area contributed by atoms with Crippen LogP contribution < -0.4 is 4.74 Å². The molecule has 0 bridgehead atoms. The van der Waals surface area contributed by atoms with E-state index < -0.39 is 6.04 Å². The van der Waals surface area contributed by atoms with Crippen LogP contribution in [0.25, 0.3) is 0 Å². The van der Waals surface area contributed by atoms with E-state index in [1.54, 1.807) is 0 Å². The lowest BCUT2D eigenvalue weighted by molar-refractivity contribution is -0.147. The Morgan fingerprint density at radius 2 is 1.17 bits per heavy atom. The highest BCUT2D eigenvalue weighted by Gasteiger charge is 2.27. The van der Waals surface area contributed by atoms with Gasteiger partial charge in [-0.1, -0.05) is 90.5 Å². The third kappa shape index (κ3) is 7.05. The fourth-order valence-electron chi connectivity index (χ4n) is 4.07. The first-order valence-electron chi connectivity index (χ1n) is 11.8. The zero-order valence-electron chi connectivity index (χ0n) is 20.3. The summed E-state index contributed by atoms with van der Waals surface area (Å²) in [4.78, 5) is 15.2. The number of carbonyl (C=O) groups is 1. The van der Waals surface area contributed by atoms with Crippen LogP contribution in [0.5, 0.6) is 11.5 Å². The lowest BCUT2D eigenvalue weighted by atomic mass is 10.0. The molecule has 0 spiro atoms. The van der Waals surface area contributed by atoms with Gasteiger partial charge < -0.3 is 9.47 Å². The maximum absolute atomic E-state index is 13.0. The van der Waals surface area contributed by atoms with Crippen LogP contribution in [-0.4, -0.2) is 24.0 Å². The van der Waals surface area contributed by atoms with E-state index in [4.69, 9.17) is 9.47 Å². The Morgan fingerprint density at radius 3 is 1.66 bits per heavy atom. The van der Waals surface area contributed by atoms with Crippen molar-refractivity contribution in [2.24, 2.45) is 0 Å². The van der Waals surface area contributed by atoms with Crippen molar-refractivity contribution in [2.75, 3.05) is 7.11 Å². The summed E-state index contributed by atoms with van der Waals surface area (Å²) in [6.45, 7) is 3.34. The Kier molecular flexibility index (Phi) is 8.31. The molecular formula is C31H31NO3. The summed E-state index contributed by atoms with van der Waals surface area (Å²) in [5, 5.41) is 0. The quantitative estimate of drug-likeness (QED) is 0.248. The molecule has 0 aliphatic rings. The third-order valence-corrected chi connectivity index (χ3v) is 5.98. The molecule has 0 radical (unpaired) electrons. The first kappa shape index (κ1) is 24.2. The number of esters is 1. The standard InChI is InChI=1S/C31H31NO3/c1-24-13-17-28(18-14-24)35-29-19-15-25(16-20-29)21-30(31(33)34-2)32(22-26-9-5-3-6-10-26)23-27-11-7-4-8-12-27/h3-20,30H,21-23H2,1-2H3/t30-/m0/s1. The number of methoxy groups -OCH3 is 1. The van der Waals surface area contributed by atoms with E-state index in [9.17, 15) is 4.79 Å². The van der Waals surface area contributed by atoms with Crippen molar-refractivity contribution in [3.05, 3.63) is 131 Å². The average Bonchev–Trinajstić information content (AvgIpc) is 2.90. The predicted molar refractivity (Wildman–Crippen MR) is 139 cm³/mol. The Hall–Kier alpha value is -3.89. The molecule has 0 saturated heterocycles. The van der Waals surface area contributed by atoms with Crippen LogP contribution in [0.4, 0.5) is 0 Å². The van der Waals surface area contributed by atoms with Crippen LogP contribution >= 0.6 is 0 Å².